The molecular formula is C30H24O5. The molecule has 0 bridgehead atoms. The van der Waals surface area contributed by atoms with Crippen molar-refractivity contribution in [2.45, 2.75) is 12.5 Å². The van der Waals surface area contributed by atoms with Crippen LogP contribution in [0.25, 0.3) is 16.8 Å². The van der Waals surface area contributed by atoms with E-state index in [1.807, 2.05) is 66.7 Å². The summed E-state index contributed by atoms with van der Waals surface area (Å²) in [6.45, 7) is 1.71. The number of aldehydes is 1. The van der Waals surface area contributed by atoms with Crippen LogP contribution in [0.2, 0.25) is 0 Å². The molecular weight excluding hydrogens is 440 g/mol. The monoisotopic (exact) mass is 464 g/mol. The third-order valence-electron chi connectivity index (χ3n) is 6.08. The van der Waals surface area contributed by atoms with E-state index in [0.29, 0.717) is 17.1 Å². The zero-order chi connectivity index (χ0) is 24.3. The highest BCUT2D eigenvalue weighted by atomic mass is 16.6. The fraction of sp³-hybridized carbons (Fsp3) is 0.133. The minimum Gasteiger partial charge on any atom is -0.486 e. The number of hydrogen-bond donors (Lipinski definition) is 0. The highest BCUT2D eigenvalue weighted by molar-refractivity contribution is 5.96. The first kappa shape index (κ1) is 22.4. The Kier molecular flexibility index (Phi) is 6.06. The van der Waals surface area contributed by atoms with Crippen molar-refractivity contribution in [1.82, 2.24) is 0 Å². The van der Waals surface area contributed by atoms with Crippen LogP contribution in [-0.4, -0.2) is 25.5 Å². The van der Waals surface area contributed by atoms with Crippen LogP contribution in [0.15, 0.2) is 91.0 Å². The predicted octanol–water partition coefficient (Wildman–Crippen LogP) is 5.94. The second-order valence-corrected chi connectivity index (χ2v) is 8.30. The minimum absolute atomic E-state index is 0.143. The number of rotatable bonds is 7. The maximum Gasteiger partial charge on any atom is 0.302 e. The van der Waals surface area contributed by atoms with E-state index in [1.165, 1.54) is 6.92 Å². The Morgan fingerprint density at radius 2 is 1.63 bits per heavy atom. The van der Waals surface area contributed by atoms with Crippen LogP contribution in [0.4, 0.5) is 0 Å². The number of benzene rings is 4. The number of carbonyl (C=O) groups is 2. The molecule has 0 spiro atoms. The first-order valence-corrected chi connectivity index (χ1v) is 11.4. The molecule has 1 unspecified atom stereocenters. The van der Waals surface area contributed by atoms with E-state index in [2.05, 4.69) is 18.2 Å². The van der Waals surface area contributed by atoms with E-state index in [-0.39, 0.29) is 19.2 Å². The van der Waals surface area contributed by atoms with Crippen LogP contribution in [-0.2, 0) is 15.1 Å². The van der Waals surface area contributed by atoms with Crippen LogP contribution >= 0.6 is 0 Å². The van der Waals surface area contributed by atoms with Gasteiger partial charge in [0.05, 0.1) is 0 Å². The fourth-order valence-electron chi connectivity index (χ4n) is 4.41. The molecule has 5 nitrogen and oxygen atoms in total. The number of fused-ring (bicyclic) bond motifs is 3. The summed E-state index contributed by atoms with van der Waals surface area (Å²) in [7, 11) is 0. The molecule has 4 aromatic rings. The van der Waals surface area contributed by atoms with Gasteiger partial charge in [0.1, 0.15) is 19.5 Å². The number of hydrogen-bond acceptors (Lipinski definition) is 5. The molecule has 1 aliphatic rings. The Labute approximate surface area is 203 Å². The van der Waals surface area contributed by atoms with Gasteiger partial charge in [0.2, 0.25) is 0 Å². The summed E-state index contributed by atoms with van der Waals surface area (Å²) in [4.78, 5) is 22.4. The Bertz CT molecular complexity index is 1410. The summed E-state index contributed by atoms with van der Waals surface area (Å²) >= 11 is 0. The van der Waals surface area contributed by atoms with Gasteiger partial charge in [-0.25, -0.2) is 0 Å². The van der Waals surface area contributed by atoms with Crippen LogP contribution in [0.5, 0.6) is 11.5 Å². The van der Waals surface area contributed by atoms with Crippen molar-refractivity contribution >= 4 is 29.1 Å². The Hall–Kier alpha value is -4.38. The van der Waals surface area contributed by atoms with E-state index in [9.17, 15) is 9.59 Å². The van der Waals surface area contributed by atoms with E-state index in [0.717, 1.165) is 33.7 Å². The molecule has 0 saturated heterocycles. The first-order valence-electron chi connectivity index (χ1n) is 11.4. The van der Waals surface area contributed by atoms with E-state index >= 15 is 0 Å². The molecule has 1 aliphatic heterocycles. The van der Waals surface area contributed by atoms with E-state index < -0.39 is 5.60 Å². The molecule has 5 heteroatoms. The third-order valence-corrected chi connectivity index (χ3v) is 6.08. The molecule has 174 valence electrons. The molecule has 0 radical (unpaired) electrons. The van der Waals surface area contributed by atoms with Crippen LogP contribution in [0, 0.1) is 0 Å². The van der Waals surface area contributed by atoms with Crippen molar-refractivity contribution in [1.29, 1.82) is 0 Å². The van der Waals surface area contributed by atoms with Crippen LogP contribution in [0.1, 0.15) is 34.0 Å². The van der Waals surface area contributed by atoms with Gasteiger partial charge in [0, 0.05) is 29.2 Å². The van der Waals surface area contributed by atoms with Gasteiger partial charge in [-0.15, -0.1) is 0 Å². The fourth-order valence-corrected chi connectivity index (χ4v) is 4.41. The lowest BCUT2D eigenvalue weighted by atomic mass is 9.83. The Balaban J connectivity index is 1.65. The molecule has 0 fully saturated rings. The zero-order valence-corrected chi connectivity index (χ0v) is 19.3. The standard InChI is InChI=1S/C30H24O5/c1-21(32)33-17-18-34-28-19-23-7-5-6-10-26(23)27-15-16-30(35-29(27)28,24-8-3-2-4-9-24)25-13-11-22(20-31)12-14-25/h2-16,19-20H,17-18H2,1H3. The Morgan fingerprint density at radius 3 is 2.37 bits per heavy atom. The summed E-state index contributed by atoms with van der Waals surface area (Å²) in [5.41, 5.74) is 2.42. The van der Waals surface area contributed by atoms with Crippen molar-refractivity contribution < 1.29 is 23.8 Å². The molecule has 0 N–H and O–H groups in total. The summed E-state index contributed by atoms with van der Waals surface area (Å²) in [5, 5.41) is 2.06. The predicted molar refractivity (Wildman–Crippen MR) is 135 cm³/mol. The number of carbonyl (C=O) groups excluding carboxylic acids is 2. The lowest BCUT2D eigenvalue weighted by Crippen LogP contribution is -2.34. The molecule has 5 rings (SSSR count). The van der Waals surface area contributed by atoms with Crippen molar-refractivity contribution in [3.63, 3.8) is 0 Å². The van der Waals surface area contributed by atoms with Crippen molar-refractivity contribution in [2.24, 2.45) is 0 Å². The van der Waals surface area contributed by atoms with Gasteiger partial charge in [-0.2, -0.15) is 0 Å². The molecule has 0 aliphatic carbocycles. The molecule has 0 amide bonds. The number of esters is 1. The van der Waals surface area contributed by atoms with Crippen molar-refractivity contribution in [2.75, 3.05) is 13.2 Å². The average Bonchev–Trinajstić information content (AvgIpc) is 2.91. The number of ether oxygens (including phenoxy) is 3. The van der Waals surface area contributed by atoms with Crippen molar-refractivity contribution in [3.05, 3.63) is 113 Å². The molecule has 1 heterocycles. The second kappa shape index (κ2) is 9.47. The van der Waals surface area contributed by atoms with Gasteiger partial charge < -0.3 is 14.2 Å². The third kappa shape index (κ3) is 4.28. The molecule has 0 saturated carbocycles. The van der Waals surface area contributed by atoms with Crippen LogP contribution < -0.4 is 9.47 Å². The SMILES string of the molecule is CC(=O)OCCOc1cc2ccccc2c2c1OC(c1ccccc1)(c1ccc(C=O)cc1)C=C2. The topological polar surface area (TPSA) is 61.8 Å². The average molecular weight is 465 g/mol. The van der Waals surface area contributed by atoms with E-state index in [4.69, 9.17) is 14.2 Å². The Morgan fingerprint density at radius 1 is 0.914 bits per heavy atom. The first-order chi connectivity index (χ1) is 17.1. The lowest BCUT2D eigenvalue weighted by molar-refractivity contribution is -0.141. The quantitative estimate of drug-likeness (QED) is 0.192. The van der Waals surface area contributed by atoms with Crippen LogP contribution in [0.3, 0.4) is 0 Å². The maximum atomic E-state index is 11.3. The molecule has 1 atom stereocenters. The molecule has 35 heavy (non-hydrogen) atoms. The van der Waals surface area contributed by atoms with Gasteiger partial charge in [-0.1, -0.05) is 78.9 Å². The second-order valence-electron chi connectivity index (χ2n) is 8.30. The normalized spacial score (nSPS) is 16.3. The lowest BCUT2D eigenvalue weighted by Gasteiger charge is -2.37. The molecule has 4 aromatic carbocycles. The summed E-state index contributed by atoms with van der Waals surface area (Å²) in [5.74, 6) is 0.826. The highest BCUT2D eigenvalue weighted by Gasteiger charge is 2.38. The minimum atomic E-state index is -0.924. The maximum absolute atomic E-state index is 11.3. The summed E-state index contributed by atoms with van der Waals surface area (Å²) < 4.78 is 18.0. The van der Waals surface area contributed by atoms with Crippen molar-refractivity contribution in [3.8, 4) is 11.5 Å². The smallest absolute Gasteiger partial charge is 0.302 e. The zero-order valence-electron chi connectivity index (χ0n) is 19.3. The van der Waals surface area contributed by atoms with Gasteiger partial charge in [0.25, 0.3) is 0 Å². The highest BCUT2D eigenvalue weighted by Crippen LogP contribution is 2.48. The summed E-state index contributed by atoms with van der Waals surface area (Å²) in [6.07, 6.45) is 4.95. The van der Waals surface area contributed by atoms with Gasteiger partial charge in [-0.3, -0.25) is 9.59 Å². The summed E-state index contributed by atoms with van der Waals surface area (Å²) in [6, 6.07) is 27.4. The van der Waals surface area contributed by atoms with Gasteiger partial charge in [-0.05, 0) is 29.0 Å². The molecule has 0 aromatic heterocycles. The van der Waals surface area contributed by atoms with E-state index in [1.54, 1.807) is 12.1 Å². The largest absolute Gasteiger partial charge is 0.486 e. The van der Waals surface area contributed by atoms with Gasteiger partial charge >= 0.3 is 5.97 Å². The van der Waals surface area contributed by atoms with Gasteiger partial charge in [0.15, 0.2) is 17.1 Å².